The van der Waals surface area contributed by atoms with E-state index in [1.54, 1.807) is 0 Å². The van der Waals surface area contributed by atoms with Crippen LogP contribution in [0.5, 0.6) is 5.75 Å². The van der Waals surface area contributed by atoms with E-state index in [0.29, 0.717) is 6.04 Å². The summed E-state index contributed by atoms with van der Waals surface area (Å²) >= 11 is 0. The molecule has 0 spiro atoms. The van der Waals surface area contributed by atoms with Gasteiger partial charge in [0.25, 0.3) is 0 Å². The highest BCUT2D eigenvalue weighted by molar-refractivity contribution is 7.89. The van der Waals surface area contributed by atoms with Gasteiger partial charge in [0.05, 0.1) is 23.2 Å². The van der Waals surface area contributed by atoms with E-state index in [4.69, 9.17) is 5.10 Å². The number of nitrogens with one attached hydrogen (secondary N) is 1. The van der Waals surface area contributed by atoms with Gasteiger partial charge in [-0.1, -0.05) is 12.8 Å². The second kappa shape index (κ2) is 8.22. The number of halogens is 3. The van der Waals surface area contributed by atoms with Gasteiger partial charge in [-0.3, -0.25) is 4.68 Å². The molecule has 0 aliphatic heterocycles. The van der Waals surface area contributed by atoms with Gasteiger partial charge in [0.1, 0.15) is 5.75 Å². The first-order valence-electron chi connectivity index (χ1n) is 10.2. The summed E-state index contributed by atoms with van der Waals surface area (Å²) in [6, 6.07) is 4.55. The summed E-state index contributed by atoms with van der Waals surface area (Å²) in [5.41, 5.74) is 3.12. The Morgan fingerprint density at radius 3 is 2.40 bits per heavy atom. The van der Waals surface area contributed by atoms with E-state index >= 15 is 0 Å². The van der Waals surface area contributed by atoms with Gasteiger partial charge in [-0.25, -0.2) is 13.1 Å². The van der Waals surface area contributed by atoms with E-state index in [1.807, 2.05) is 0 Å². The Labute approximate surface area is 173 Å². The molecule has 30 heavy (non-hydrogen) atoms. The zero-order valence-electron chi connectivity index (χ0n) is 16.4. The van der Waals surface area contributed by atoms with Crippen molar-refractivity contribution in [3.05, 3.63) is 41.2 Å². The minimum atomic E-state index is -4.82. The number of sulfonamides is 1. The molecule has 1 heterocycles. The van der Waals surface area contributed by atoms with E-state index in [0.717, 1.165) is 74.0 Å². The van der Waals surface area contributed by atoms with Crippen LogP contribution in [0.3, 0.4) is 0 Å². The van der Waals surface area contributed by atoms with E-state index < -0.39 is 22.1 Å². The number of aromatic nitrogens is 2. The van der Waals surface area contributed by atoms with Gasteiger partial charge in [0.2, 0.25) is 10.0 Å². The number of hydrogen-bond acceptors (Lipinski definition) is 4. The van der Waals surface area contributed by atoms with Gasteiger partial charge in [0.15, 0.2) is 0 Å². The van der Waals surface area contributed by atoms with Crippen molar-refractivity contribution in [2.45, 2.75) is 75.2 Å². The van der Waals surface area contributed by atoms with Crippen molar-refractivity contribution in [1.29, 1.82) is 0 Å². The molecule has 1 fully saturated rings. The van der Waals surface area contributed by atoms with Crippen LogP contribution in [0.2, 0.25) is 0 Å². The van der Waals surface area contributed by atoms with E-state index in [-0.39, 0.29) is 11.4 Å². The van der Waals surface area contributed by atoms with Crippen LogP contribution in [0.1, 0.15) is 61.5 Å². The number of benzene rings is 1. The lowest BCUT2D eigenvalue weighted by atomic mass is 9.95. The number of alkyl halides is 3. The van der Waals surface area contributed by atoms with Gasteiger partial charge in [-0.05, 0) is 68.4 Å². The maximum atomic E-state index is 12.6. The second-order valence-corrected chi connectivity index (χ2v) is 9.57. The maximum absolute atomic E-state index is 12.6. The summed E-state index contributed by atoms with van der Waals surface area (Å²) in [6.07, 6.45) is 3.79. The summed E-state index contributed by atoms with van der Waals surface area (Å²) in [5, 5.41) is 4.77. The number of ether oxygens (including phenoxy) is 1. The lowest BCUT2D eigenvalue weighted by Gasteiger charge is -2.18. The van der Waals surface area contributed by atoms with Crippen molar-refractivity contribution >= 4 is 10.0 Å². The summed E-state index contributed by atoms with van der Waals surface area (Å²) in [7, 11) is -3.89. The molecule has 2 aliphatic rings. The molecule has 0 amide bonds. The first-order valence-corrected chi connectivity index (χ1v) is 11.7. The fourth-order valence-electron chi connectivity index (χ4n) is 4.36. The molecule has 0 radical (unpaired) electrons. The molecular weight excluding hydrogens is 419 g/mol. The van der Waals surface area contributed by atoms with Gasteiger partial charge in [-0.2, -0.15) is 5.10 Å². The van der Waals surface area contributed by atoms with Gasteiger partial charge < -0.3 is 4.74 Å². The van der Waals surface area contributed by atoms with Crippen molar-refractivity contribution in [3.63, 3.8) is 0 Å². The summed E-state index contributed by atoms with van der Waals surface area (Å²) in [6.45, 7) is 0.0607. The van der Waals surface area contributed by atoms with Gasteiger partial charge >= 0.3 is 6.36 Å². The molecule has 2 aromatic rings. The lowest BCUT2D eigenvalue weighted by Crippen LogP contribution is -2.24. The molecule has 10 heteroatoms. The molecule has 0 saturated heterocycles. The highest BCUT2D eigenvalue weighted by Crippen LogP contribution is 2.34. The molecule has 0 atom stereocenters. The van der Waals surface area contributed by atoms with Crippen molar-refractivity contribution in [2.75, 3.05) is 0 Å². The van der Waals surface area contributed by atoms with E-state index in [1.165, 1.54) is 18.5 Å². The van der Waals surface area contributed by atoms with Gasteiger partial charge in [0, 0.05) is 5.69 Å². The Bertz CT molecular complexity index is 995. The molecule has 2 aliphatic carbocycles. The third-order valence-corrected chi connectivity index (χ3v) is 7.18. The highest BCUT2D eigenvalue weighted by Gasteiger charge is 2.31. The quantitative estimate of drug-likeness (QED) is 0.724. The summed E-state index contributed by atoms with van der Waals surface area (Å²) in [4.78, 5) is -0.124. The smallest absolute Gasteiger partial charge is 0.406 e. The van der Waals surface area contributed by atoms with E-state index in [9.17, 15) is 21.6 Å². The molecular formula is C20H24F3N3O3S. The second-order valence-electron chi connectivity index (χ2n) is 7.81. The lowest BCUT2D eigenvalue weighted by molar-refractivity contribution is -0.274. The Balaban J connectivity index is 1.50. The van der Waals surface area contributed by atoms with Crippen molar-refractivity contribution < 1.29 is 26.3 Å². The fourth-order valence-corrected chi connectivity index (χ4v) is 5.35. The molecule has 1 saturated carbocycles. The van der Waals surface area contributed by atoms with Crippen molar-refractivity contribution in [3.8, 4) is 5.75 Å². The Morgan fingerprint density at radius 2 is 1.73 bits per heavy atom. The fraction of sp³-hybridized carbons (Fsp3) is 0.550. The monoisotopic (exact) mass is 443 g/mol. The predicted molar refractivity (Wildman–Crippen MR) is 104 cm³/mol. The molecule has 1 aromatic heterocycles. The summed E-state index contributed by atoms with van der Waals surface area (Å²) < 4.78 is 70.5. The third-order valence-electron chi connectivity index (χ3n) is 5.76. The van der Waals surface area contributed by atoms with Crippen LogP contribution in [0.15, 0.2) is 29.2 Å². The molecule has 0 bridgehead atoms. The minimum Gasteiger partial charge on any atom is -0.406 e. The molecule has 6 nitrogen and oxygen atoms in total. The van der Waals surface area contributed by atoms with E-state index in [2.05, 4.69) is 14.1 Å². The zero-order chi connectivity index (χ0) is 21.4. The normalized spacial score (nSPS) is 17.8. The topological polar surface area (TPSA) is 73.2 Å². The van der Waals surface area contributed by atoms with Crippen LogP contribution < -0.4 is 9.46 Å². The third kappa shape index (κ3) is 4.64. The Morgan fingerprint density at radius 1 is 1.07 bits per heavy atom. The number of nitrogens with zero attached hydrogens (tertiary/aromatic N) is 2. The number of rotatable bonds is 6. The predicted octanol–water partition coefficient (Wildman–Crippen LogP) is 4.25. The standard InChI is InChI=1S/C20H24F3N3O3S/c21-20(22,23)29-15-9-11-16(12-10-15)30(27,28)24-13-18-17-7-3-4-8-19(17)26(25-18)14-5-1-2-6-14/h9-12,14,24H,1-8,13H2. The zero-order valence-corrected chi connectivity index (χ0v) is 17.2. The Kier molecular flexibility index (Phi) is 5.80. The first-order chi connectivity index (χ1) is 14.2. The molecule has 4 rings (SSSR count). The Hall–Kier alpha value is -2.07. The maximum Gasteiger partial charge on any atom is 0.573 e. The van der Waals surface area contributed by atoms with Gasteiger partial charge in [-0.15, -0.1) is 13.2 Å². The van der Waals surface area contributed by atoms with Crippen LogP contribution in [-0.4, -0.2) is 24.6 Å². The largest absolute Gasteiger partial charge is 0.573 e. The minimum absolute atomic E-state index is 0.0607. The van der Waals surface area contributed by atoms with Crippen LogP contribution in [0.4, 0.5) is 13.2 Å². The first kappa shape index (κ1) is 21.2. The highest BCUT2D eigenvalue weighted by atomic mass is 32.2. The van der Waals surface area contributed by atoms with Crippen LogP contribution in [-0.2, 0) is 29.4 Å². The van der Waals surface area contributed by atoms with Crippen molar-refractivity contribution in [1.82, 2.24) is 14.5 Å². The van der Waals surface area contributed by atoms with Crippen LogP contribution in [0.25, 0.3) is 0 Å². The molecule has 164 valence electrons. The summed E-state index contributed by atoms with van der Waals surface area (Å²) in [5.74, 6) is -0.467. The average molecular weight is 443 g/mol. The SMILES string of the molecule is O=S(=O)(NCc1nn(C2CCCC2)c2c1CCCC2)c1ccc(OC(F)(F)F)cc1. The van der Waals surface area contributed by atoms with Crippen LogP contribution >= 0.6 is 0 Å². The molecule has 1 aromatic carbocycles. The number of fused-ring (bicyclic) bond motifs is 1. The molecule has 1 N–H and O–H groups in total. The van der Waals surface area contributed by atoms with Crippen molar-refractivity contribution in [2.24, 2.45) is 0 Å². The number of hydrogen-bond donors (Lipinski definition) is 1. The molecule has 0 unspecified atom stereocenters. The van der Waals surface area contributed by atoms with Crippen LogP contribution in [0, 0.1) is 0 Å². The average Bonchev–Trinajstić information content (AvgIpc) is 3.33.